The Hall–Kier alpha value is -4.01. The zero-order valence-electron chi connectivity index (χ0n) is 17.2. The number of pyridine rings is 1. The number of primary amides is 1. The van der Waals surface area contributed by atoms with E-state index in [4.69, 9.17) is 5.73 Å². The molecule has 1 fully saturated rings. The summed E-state index contributed by atoms with van der Waals surface area (Å²) in [4.78, 5) is 37.3. The maximum Gasteiger partial charge on any atom is 0.311 e. The molecule has 162 valence electrons. The van der Waals surface area contributed by atoms with E-state index in [2.05, 4.69) is 20.3 Å². The second-order valence-corrected chi connectivity index (χ2v) is 8.23. The number of carbonyl (C=O) groups is 2. The highest BCUT2D eigenvalue weighted by molar-refractivity contribution is 5.84. The molecule has 0 aliphatic heterocycles. The van der Waals surface area contributed by atoms with Gasteiger partial charge in [-0.1, -0.05) is 12.5 Å². The number of hydrogen-bond acceptors (Lipinski definition) is 6. The molecule has 0 saturated heterocycles. The van der Waals surface area contributed by atoms with Gasteiger partial charge in [0.2, 0.25) is 11.9 Å². The number of nitrogens with zero attached hydrogens (tertiary/aromatic N) is 4. The molecule has 3 heterocycles. The van der Waals surface area contributed by atoms with Gasteiger partial charge in [0.25, 0.3) is 0 Å². The molecule has 4 N–H and O–H groups in total. The van der Waals surface area contributed by atoms with Crippen LogP contribution in [0.2, 0.25) is 0 Å². The third-order valence-corrected chi connectivity index (χ3v) is 6.35. The summed E-state index contributed by atoms with van der Waals surface area (Å²) in [5.41, 5.74) is 6.73. The fraction of sp³-hybridized carbons (Fsp3) is 0.261. The monoisotopic (exact) mass is 430 g/mol. The van der Waals surface area contributed by atoms with Crippen molar-refractivity contribution in [2.75, 3.05) is 5.32 Å². The van der Waals surface area contributed by atoms with Gasteiger partial charge in [-0.3, -0.25) is 14.6 Å². The zero-order chi connectivity index (χ0) is 22.3. The Bertz CT molecular complexity index is 1340. The average Bonchev–Trinajstić information content (AvgIpc) is 3.14. The van der Waals surface area contributed by atoms with E-state index in [1.165, 1.54) is 0 Å². The maximum atomic E-state index is 12.2. The number of benzene rings is 1. The maximum absolute atomic E-state index is 12.2. The highest BCUT2D eigenvalue weighted by Crippen LogP contribution is 2.51. The number of nitrogens with two attached hydrogens (primary N) is 1. The van der Waals surface area contributed by atoms with Crippen LogP contribution in [-0.2, 0) is 9.59 Å². The SMILES string of the molecule is NC(=O)CC(n1ccc2cnc(Nc3ccc4ncccc4c3)nc21)C1(C(=O)O)CCC1. The number of aromatic nitrogens is 4. The van der Waals surface area contributed by atoms with Crippen LogP contribution >= 0.6 is 0 Å². The van der Waals surface area contributed by atoms with Gasteiger partial charge in [0.1, 0.15) is 5.65 Å². The van der Waals surface area contributed by atoms with Crippen molar-refractivity contribution in [1.82, 2.24) is 19.5 Å². The Morgan fingerprint density at radius 2 is 2.03 bits per heavy atom. The normalized spacial score (nSPS) is 15.9. The molecule has 0 radical (unpaired) electrons. The first-order valence-corrected chi connectivity index (χ1v) is 10.4. The number of rotatable bonds is 7. The molecule has 4 aromatic rings. The molecule has 9 heteroatoms. The van der Waals surface area contributed by atoms with Crippen LogP contribution < -0.4 is 11.1 Å². The molecule has 1 aliphatic rings. The summed E-state index contributed by atoms with van der Waals surface area (Å²) < 4.78 is 1.77. The smallest absolute Gasteiger partial charge is 0.311 e. The highest BCUT2D eigenvalue weighted by Gasteiger charge is 2.52. The molecule has 3 aromatic heterocycles. The van der Waals surface area contributed by atoms with Crippen LogP contribution in [0.4, 0.5) is 11.6 Å². The van der Waals surface area contributed by atoms with E-state index in [9.17, 15) is 14.7 Å². The van der Waals surface area contributed by atoms with Crippen LogP contribution in [0.15, 0.2) is 55.0 Å². The molecular weight excluding hydrogens is 408 g/mol. The van der Waals surface area contributed by atoms with Gasteiger partial charge in [0, 0.05) is 41.5 Å². The summed E-state index contributed by atoms with van der Waals surface area (Å²) in [5, 5.41) is 14.9. The number of carboxylic acid groups (broad SMARTS) is 1. The van der Waals surface area contributed by atoms with E-state index < -0.39 is 23.3 Å². The molecule has 5 rings (SSSR count). The Balaban J connectivity index is 1.53. The van der Waals surface area contributed by atoms with Crippen molar-refractivity contribution >= 4 is 45.4 Å². The largest absolute Gasteiger partial charge is 0.481 e. The lowest BCUT2D eigenvalue weighted by atomic mass is 9.63. The molecule has 1 aromatic carbocycles. The Labute approximate surface area is 183 Å². The van der Waals surface area contributed by atoms with Crippen molar-refractivity contribution in [3.63, 3.8) is 0 Å². The second-order valence-electron chi connectivity index (χ2n) is 8.23. The van der Waals surface area contributed by atoms with Crippen molar-refractivity contribution in [1.29, 1.82) is 0 Å². The molecule has 0 spiro atoms. The summed E-state index contributed by atoms with van der Waals surface area (Å²) in [7, 11) is 0. The standard InChI is InChI=1S/C23H22N6O3/c24-19(30)12-18(23(21(31)32)7-2-8-23)29-10-6-15-13-26-22(28-20(15)29)27-16-4-5-17-14(11-16)3-1-9-25-17/h1,3-6,9-11,13,18H,2,7-8,12H2,(H2,24,30)(H,31,32)(H,26,27,28). The lowest BCUT2D eigenvalue weighted by Gasteiger charge is -2.44. The van der Waals surface area contributed by atoms with Crippen molar-refractivity contribution < 1.29 is 14.7 Å². The van der Waals surface area contributed by atoms with Crippen LogP contribution in [0.3, 0.4) is 0 Å². The summed E-state index contributed by atoms with van der Waals surface area (Å²) in [6.07, 6.45) is 6.93. The molecular formula is C23H22N6O3. The Morgan fingerprint density at radius 1 is 1.19 bits per heavy atom. The minimum atomic E-state index is -1.02. The van der Waals surface area contributed by atoms with E-state index in [-0.39, 0.29) is 6.42 Å². The predicted octanol–water partition coefficient (Wildman–Crippen LogP) is 3.39. The summed E-state index contributed by atoms with van der Waals surface area (Å²) in [6, 6.07) is 10.8. The van der Waals surface area contributed by atoms with Gasteiger partial charge in [0.15, 0.2) is 0 Å². The molecule has 0 bridgehead atoms. The van der Waals surface area contributed by atoms with Crippen molar-refractivity contribution in [2.45, 2.75) is 31.7 Å². The van der Waals surface area contributed by atoms with Crippen molar-refractivity contribution in [2.24, 2.45) is 11.1 Å². The van der Waals surface area contributed by atoms with Gasteiger partial charge in [-0.25, -0.2) is 4.98 Å². The minimum Gasteiger partial charge on any atom is -0.481 e. The van der Waals surface area contributed by atoms with E-state index in [1.807, 2.05) is 36.4 Å². The van der Waals surface area contributed by atoms with Crippen molar-refractivity contribution in [3.8, 4) is 0 Å². The van der Waals surface area contributed by atoms with Gasteiger partial charge < -0.3 is 20.7 Å². The van der Waals surface area contributed by atoms with E-state index in [0.717, 1.165) is 28.4 Å². The fourth-order valence-electron chi connectivity index (χ4n) is 4.53. The first-order chi connectivity index (χ1) is 15.5. The zero-order valence-corrected chi connectivity index (χ0v) is 17.2. The van der Waals surface area contributed by atoms with Crippen molar-refractivity contribution in [3.05, 3.63) is 55.0 Å². The second kappa shape index (κ2) is 7.60. The lowest BCUT2D eigenvalue weighted by Crippen LogP contribution is -2.46. The minimum absolute atomic E-state index is 0.0689. The quantitative estimate of drug-likeness (QED) is 0.409. The molecule has 1 amide bonds. The molecule has 9 nitrogen and oxygen atoms in total. The van der Waals surface area contributed by atoms with E-state index in [0.29, 0.717) is 24.4 Å². The number of hydrogen-bond donors (Lipinski definition) is 3. The van der Waals surface area contributed by atoms with Crippen LogP contribution in [0.5, 0.6) is 0 Å². The molecule has 1 unspecified atom stereocenters. The third-order valence-electron chi connectivity index (χ3n) is 6.35. The van der Waals surface area contributed by atoms with Crippen LogP contribution in [0.1, 0.15) is 31.7 Å². The third kappa shape index (κ3) is 3.31. The van der Waals surface area contributed by atoms with Crippen LogP contribution in [-0.4, -0.2) is 36.5 Å². The Kier molecular flexibility index (Phi) is 4.73. The van der Waals surface area contributed by atoms with Gasteiger partial charge in [-0.2, -0.15) is 4.98 Å². The van der Waals surface area contributed by atoms with Crippen LogP contribution in [0, 0.1) is 5.41 Å². The molecule has 1 saturated carbocycles. The predicted molar refractivity (Wildman–Crippen MR) is 119 cm³/mol. The number of aliphatic carboxylic acids is 1. The van der Waals surface area contributed by atoms with E-state index in [1.54, 1.807) is 23.2 Å². The Morgan fingerprint density at radius 3 is 2.75 bits per heavy atom. The number of carboxylic acids is 1. The number of amides is 1. The summed E-state index contributed by atoms with van der Waals surface area (Å²) in [5.74, 6) is -1.08. The highest BCUT2D eigenvalue weighted by atomic mass is 16.4. The van der Waals surface area contributed by atoms with Gasteiger partial charge >= 0.3 is 5.97 Å². The van der Waals surface area contributed by atoms with Crippen LogP contribution in [0.25, 0.3) is 21.9 Å². The fourth-order valence-corrected chi connectivity index (χ4v) is 4.53. The molecule has 32 heavy (non-hydrogen) atoms. The number of carbonyl (C=O) groups excluding carboxylic acids is 1. The average molecular weight is 430 g/mol. The number of anilines is 2. The molecule has 1 aliphatic carbocycles. The van der Waals surface area contributed by atoms with E-state index >= 15 is 0 Å². The summed E-state index contributed by atoms with van der Waals surface area (Å²) in [6.45, 7) is 0. The number of nitrogens with one attached hydrogen (secondary N) is 1. The lowest BCUT2D eigenvalue weighted by molar-refractivity contribution is -0.159. The first-order valence-electron chi connectivity index (χ1n) is 10.4. The first kappa shape index (κ1) is 19.9. The topological polar surface area (TPSA) is 136 Å². The molecule has 1 atom stereocenters. The van der Waals surface area contributed by atoms with Gasteiger partial charge in [0.05, 0.1) is 17.0 Å². The van der Waals surface area contributed by atoms with Gasteiger partial charge in [-0.05, 0) is 43.2 Å². The van der Waals surface area contributed by atoms with Gasteiger partial charge in [-0.15, -0.1) is 0 Å². The summed E-state index contributed by atoms with van der Waals surface area (Å²) >= 11 is 0. The number of fused-ring (bicyclic) bond motifs is 2.